The van der Waals surface area contributed by atoms with Gasteiger partial charge < -0.3 is 19.7 Å². The van der Waals surface area contributed by atoms with Crippen molar-refractivity contribution in [3.8, 4) is 0 Å². The molecule has 0 unspecified atom stereocenters. The van der Waals surface area contributed by atoms with Gasteiger partial charge in [-0.05, 0) is 31.6 Å². The van der Waals surface area contributed by atoms with Crippen LogP contribution >= 0.6 is 11.6 Å². The molecule has 3 rings (SSSR count). The molecular weight excluding hydrogens is 350 g/mol. The van der Waals surface area contributed by atoms with Gasteiger partial charge in [-0.1, -0.05) is 42.0 Å². The number of oxazole rings is 1. The third kappa shape index (κ3) is 4.18. The number of aliphatic hydroxyl groups is 1. The number of hydrogen-bond donors (Lipinski definition) is 2. The van der Waals surface area contributed by atoms with Gasteiger partial charge in [0.05, 0.1) is 6.61 Å². The quantitative estimate of drug-likeness (QED) is 0.781. The summed E-state index contributed by atoms with van der Waals surface area (Å²) >= 11 is 6.30. The first kappa shape index (κ1) is 18.7. The Labute approximate surface area is 158 Å². The Balaban J connectivity index is 1.96. The van der Waals surface area contributed by atoms with E-state index >= 15 is 0 Å². The maximum atomic E-state index is 8.75. The van der Waals surface area contributed by atoms with E-state index < -0.39 is 0 Å². The van der Waals surface area contributed by atoms with E-state index in [1.807, 2.05) is 37.3 Å². The molecule has 0 spiro atoms. The van der Waals surface area contributed by atoms with Crippen LogP contribution in [0.3, 0.4) is 0 Å². The second kappa shape index (κ2) is 8.54. The second-order valence-electron chi connectivity index (χ2n) is 6.39. The summed E-state index contributed by atoms with van der Waals surface area (Å²) in [5, 5.41) is 12.8. The molecule has 0 amide bonds. The van der Waals surface area contributed by atoms with Crippen LogP contribution in [0.25, 0.3) is 16.7 Å². The van der Waals surface area contributed by atoms with Crippen LogP contribution in [0.1, 0.15) is 19.4 Å². The molecule has 0 aliphatic carbocycles. The third-order valence-corrected chi connectivity index (χ3v) is 4.64. The number of anilines is 1. The van der Waals surface area contributed by atoms with Crippen LogP contribution in [0.4, 0.5) is 6.01 Å². The Morgan fingerprint density at radius 3 is 3.04 bits per heavy atom. The van der Waals surface area contributed by atoms with Crippen LogP contribution < -0.4 is 10.2 Å². The number of hydrogen-bond acceptors (Lipinski definition) is 5. The van der Waals surface area contributed by atoms with Gasteiger partial charge in [0.25, 0.3) is 6.01 Å². The van der Waals surface area contributed by atoms with Crippen LogP contribution in [-0.2, 0) is 0 Å². The first-order chi connectivity index (χ1) is 12.6. The van der Waals surface area contributed by atoms with Crippen molar-refractivity contribution in [3.05, 3.63) is 53.1 Å². The molecule has 1 aliphatic rings. The predicted molar refractivity (Wildman–Crippen MR) is 108 cm³/mol. The largest absolute Gasteiger partial charge is 0.423 e. The molecule has 6 heteroatoms. The lowest BCUT2D eigenvalue weighted by Gasteiger charge is -2.32. The summed E-state index contributed by atoms with van der Waals surface area (Å²) in [7, 11) is 0. The van der Waals surface area contributed by atoms with Gasteiger partial charge in [-0.3, -0.25) is 0 Å². The normalized spacial score (nSPS) is 19.3. The minimum Gasteiger partial charge on any atom is -0.423 e. The molecule has 2 heterocycles. The number of halogens is 1. The molecule has 0 saturated carbocycles. The Kier molecular flexibility index (Phi) is 6.14. The van der Waals surface area contributed by atoms with E-state index in [4.69, 9.17) is 21.1 Å². The first-order valence-electron chi connectivity index (χ1n) is 8.79. The number of rotatable bonds is 5. The standard InChI is InChI=1S/C20H24ClN3O2/c1-14(7-5-3-4-6-10-25)17-11-16(21)12-18-19(17)26-20(23-18)24-9-8-22-13-15(24)2/h3-7,11-12,15,22,25H,8-10,13H2,1-2H3/b5-3-,6-4+,14-7+/t15-/m0/s1. The average molecular weight is 374 g/mol. The summed E-state index contributed by atoms with van der Waals surface area (Å²) in [5.41, 5.74) is 3.49. The van der Waals surface area contributed by atoms with E-state index in [2.05, 4.69) is 22.1 Å². The SMILES string of the molecule is C\C(=C/C=C\C=C\CO)c1cc(Cl)cc2nc(N3CCNC[C@@H]3C)oc12. The number of aliphatic hydroxyl groups excluding tert-OH is 1. The number of nitrogens with zero attached hydrogens (tertiary/aromatic N) is 2. The van der Waals surface area contributed by atoms with Crippen molar-refractivity contribution in [3.63, 3.8) is 0 Å². The summed E-state index contributed by atoms with van der Waals surface area (Å²) in [4.78, 5) is 6.86. The number of piperazine rings is 1. The lowest BCUT2D eigenvalue weighted by atomic mass is 10.1. The molecule has 138 valence electrons. The minimum atomic E-state index is 0.0350. The van der Waals surface area contributed by atoms with Gasteiger partial charge in [-0.25, -0.2) is 0 Å². The fourth-order valence-electron chi connectivity index (χ4n) is 3.02. The third-order valence-electron chi connectivity index (χ3n) is 4.43. The van der Waals surface area contributed by atoms with Crippen LogP contribution in [0.15, 0.2) is 46.9 Å². The van der Waals surface area contributed by atoms with E-state index in [0.717, 1.165) is 41.9 Å². The highest BCUT2D eigenvalue weighted by Gasteiger charge is 2.23. The van der Waals surface area contributed by atoms with Gasteiger partial charge in [0.2, 0.25) is 0 Å². The van der Waals surface area contributed by atoms with Crippen molar-refractivity contribution in [2.45, 2.75) is 19.9 Å². The van der Waals surface area contributed by atoms with Crippen LogP contribution in [-0.4, -0.2) is 42.4 Å². The van der Waals surface area contributed by atoms with Gasteiger partial charge in [-0.15, -0.1) is 0 Å². The Morgan fingerprint density at radius 1 is 1.42 bits per heavy atom. The zero-order valence-corrected chi connectivity index (χ0v) is 15.8. The topological polar surface area (TPSA) is 61.5 Å². The summed E-state index contributed by atoms with van der Waals surface area (Å²) in [6.07, 6.45) is 9.26. The van der Waals surface area contributed by atoms with E-state index in [1.165, 1.54) is 0 Å². The zero-order valence-electron chi connectivity index (χ0n) is 15.1. The highest BCUT2D eigenvalue weighted by atomic mass is 35.5. The van der Waals surface area contributed by atoms with Gasteiger partial charge in [0, 0.05) is 36.3 Å². The smallest absolute Gasteiger partial charge is 0.298 e. The zero-order chi connectivity index (χ0) is 18.5. The van der Waals surface area contributed by atoms with Gasteiger partial charge >= 0.3 is 0 Å². The van der Waals surface area contributed by atoms with E-state index in [-0.39, 0.29) is 6.61 Å². The Morgan fingerprint density at radius 2 is 2.27 bits per heavy atom. The maximum Gasteiger partial charge on any atom is 0.298 e. The summed E-state index contributed by atoms with van der Waals surface area (Å²) in [6.45, 7) is 6.91. The van der Waals surface area contributed by atoms with E-state index in [9.17, 15) is 0 Å². The average Bonchev–Trinajstić information content (AvgIpc) is 3.04. The van der Waals surface area contributed by atoms with Gasteiger partial charge in [-0.2, -0.15) is 4.98 Å². The number of aromatic nitrogens is 1. The van der Waals surface area contributed by atoms with E-state index in [0.29, 0.717) is 17.1 Å². The fourth-order valence-corrected chi connectivity index (χ4v) is 3.23. The van der Waals surface area contributed by atoms with Crippen molar-refractivity contribution >= 4 is 34.3 Å². The molecular formula is C20H24ClN3O2. The van der Waals surface area contributed by atoms with Crippen molar-refractivity contribution in [1.29, 1.82) is 0 Å². The van der Waals surface area contributed by atoms with Crippen molar-refractivity contribution in [2.75, 3.05) is 31.1 Å². The van der Waals surface area contributed by atoms with E-state index in [1.54, 1.807) is 12.2 Å². The molecule has 1 aromatic heterocycles. The highest BCUT2D eigenvalue weighted by Crippen LogP contribution is 2.32. The number of benzene rings is 1. The molecule has 5 nitrogen and oxygen atoms in total. The van der Waals surface area contributed by atoms with Crippen LogP contribution in [0, 0.1) is 0 Å². The first-order valence-corrected chi connectivity index (χ1v) is 9.16. The van der Waals surface area contributed by atoms with Crippen LogP contribution in [0.2, 0.25) is 5.02 Å². The Hall–Kier alpha value is -2.08. The molecule has 2 N–H and O–H groups in total. The monoisotopic (exact) mass is 373 g/mol. The molecule has 0 radical (unpaired) electrons. The fraction of sp³-hybridized carbons (Fsp3) is 0.350. The predicted octanol–water partition coefficient (Wildman–Crippen LogP) is 3.79. The minimum absolute atomic E-state index is 0.0350. The molecule has 1 atom stereocenters. The highest BCUT2D eigenvalue weighted by molar-refractivity contribution is 6.31. The summed E-state index contributed by atoms with van der Waals surface area (Å²) < 4.78 is 6.15. The second-order valence-corrected chi connectivity index (χ2v) is 6.83. The van der Waals surface area contributed by atoms with Gasteiger partial charge in [0.1, 0.15) is 5.52 Å². The number of nitrogens with one attached hydrogen (secondary N) is 1. The molecule has 26 heavy (non-hydrogen) atoms. The molecule has 2 aromatic rings. The van der Waals surface area contributed by atoms with Gasteiger partial charge in [0.15, 0.2) is 5.58 Å². The summed E-state index contributed by atoms with van der Waals surface area (Å²) in [6, 6.07) is 4.72. The molecule has 1 aliphatic heterocycles. The van der Waals surface area contributed by atoms with Crippen molar-refractivity contribution in [2.24, 2.45) is 0 Å². The molecule has 1 aromatic carbocycles. The Bertz CT molecular complexity index is 854. The van der Waals surface area contributed by atoms with Crippen LogP contribution in [0.5, 0.6) is 0 Å². The number of allylic oxidation sites excluding steroid dienone is 5. The lowest BCUT2D eigenvalue weighted by Crippen LogP contribution is -2.50. The molecule has 1 fully saturated rings. The van der Waals surface area contributed by atoms with Crippen molar-refractivity contribution < 1.29 is 9.52 Å². The molecule has 0 bridgehead atoms. The lowest BCUT2D eigenvalue weighted by molar-refractivity contribution is 0.343. The maximum absolute atomic E-state index is 8.75. The van der Waals surface area contributed by atoms with Crippen molar-refractivity contribution in [1.82, 2.24) is 10.3 Å². The molecule has 1 saturated heterocycles. The number of fused-ring (bicyclic) bond motifs is 1. The summed E-state index contributed by atoms with van der Waals surface area (Å²) in [5.74, 6) is 0.